The summed E-state index contributed by atoms with van der Waals surface area (Å²) in [7, 11) is 1.82. The van der Waals surface area contributed by atoms with Gasteiger partial charge in [0.1, 0.15) is 0 Å². The average Bonchev–Trinajstić information content (AvgIpc) is 3.13. The molecule has 6 nitrogen and oxygen atoms in total. The Labute approximate surface area is 169 Å². The van der Waals surface area contributed by atoms with Crippen LogP contribution in [0.25, 0.3) is 0 Å². The van der Waals surface area contributed by atoms with Crippen LogP contribution in [0.5, 0.6) is 0 Å². The van der Waals surface area contributed by atoms with Crippen LogP contribution in [0.2, 0.25) is 0 Å². The lowest BCUT2D eigenvalue weighted by Gasteiger charge is -2.32. The molecule has 0 aromatic carbocycles. The first kappa shape index (κ1) is 20.7. The van der Waals surface area contributed by atoms with E-state index in [1.165, 1.54) is 45.2 Å². The van der Waals surface area contributed by atoms with Gasteiger partial charge in [-0.15, -0.1) is 24.0 Å². The van der Waals surface area contributed by atoms with E-state index in [9.17, 15) is 4.79 Å². The van der Waals surface area contributed by atoms with E-state index in [1.807, 2.05) is 11.9 Å². The molecule has 144 valence electrons. The quantitative estimate of drug-likeness (QED) is 0.394. The predicted molar refractivity (Wildman–Crippen MR) is 113 cm³/mol. The summed E-state index contributed by atoms with van der Waals surface area (Å²) in [5, 5.41) is 3.30. The lowest BCUT2D eigenvalue weighted by Crippen LogP contribution is -2.48. The van der Waals surface area contributed by atoms with Gasteiger partial charge in [0.2, 0.25) is 5.91 Å². The summed E-state index contributed by atoms with van der Waals surface area (Å²) in [5.74, 6) is 1.10. The molecule has 0 aliphatic carbocycles. The largest absolute Gasteiger partial charge is 0.347 e. The van der Waals surface area contributed by atoms with Gasteiger partial charge in [-0.2, -0.15) is 0 Å². The van der Waals surface area contributed by atoms with Gasteiger partial charge in [0.25, 0.3) is 0 Å². The lowest BCUT2D eigenvalue weighted by molar-refractivity contribution is -0.130. The highest BCUT2D eigenvalue weighted by molar-refractivity contribution is 14.0. The molecule has 25 heavy (non-hydrogen) atoms. The fraction of sp³-hybridized carbons (Fsp3) is 0.889. The number of rotatable bonds is 3. The summed E-state index contributed by atoms with van der Waals surface area (Å²) in [5.41, 5.74) is 0. The third kappa shape index (κ3) is 5.70. The van der Waals surface area contributed by atoms with Crippen molar-refractivity contribution >= 4 is 35.8 Å². The topological polar surface area (TPSA) is 51.2 Å². The van der Waals surface area contributed by atoms with Crippen LogP contribution in [0.15, 0.2) is 4.99 Å². The van der Waals surface area contributed by atoms with Crippen LogP contribution in [-0.4, -0.2) is 85.5 Å². The van der Waals surface area contributed by atoms with E-state index in [-0.39, 0.29) is 29.9 Å². The number of hydrogen-bond acceptors (Lipinski definition) is 3. The van der Waals surface area contributed by atoms with E-state index >= 15 is 0 Å². The summed E-state index contributed by atoms with van der Waals surface area (Å²) >= 11 is 0. The fourth-order valence-corrected chi connectivity index (χ4v) is 4.26. The zero-order chi connectivity index (χ0) is 16.8. The molecular weight excluding hydrogens is 429 g/mol. The number of carbonyl (C=O) groups is 1. The Bertz CT molecular complexity index is 447. The van der Waals surface area contributed by atoms with Crippen LogP contribution in [0.3, 0.4) is 0 Å². The van der Waals surface area contributed by atoms with Crippen LogP contribution < -0.4 is 5.32 Å². The van der Waals surface area contributed by atoms with Crippen molar-refractivity contribution in [2.45, 2.75) is 51.0 Å². The third-order valence-corrected chi connectivity index (χ3v) is 5.69. The second-order valence-electron chi connectivity index (χ2n) is 7.33. The normalized spacial score (nSPS) is 25.6. The number of guanidine groups is 1. The molecule has 3 heterocycles. The van der Waals surface area contributed by atoms with Crippen LogP contribution in [0.4, 0.5) is 0 Å². The summed E-state index contributed by atoms with van der Waals surface area (Å²) in [6, 6.07) is 0.654. The van der Waals surface area contributed by atoms with Gasteiger partial charge in [-0.1, -0.05) is 6.42 Å². The van der Waals surface area contributed by atoms with E-state index in [4.69, 9.17) is 0 Å². The van der Waals surface area contributed by atoms with E-state index in [0.29, 0.717) is 12.6 Å². The van der Waals surface area contributed by atoms with Crippen molar-refractivity contribution in [1.29, 1.82) is 0 Å². The van der Waals surface area contributed by atoms with Crippen LogP contribution in [-0.2, 0) is 4.79 Å². The average molecular weight is 463 g/mol. The molecule has 0 radical (unpaired) electrons. The summed E-state index contributed by atoms with van der Waals surface area (Å²) in [6.07, 6.45) is 8.82. The van der Waals surface area contributed by atoms with Crippen LogP contribution >= 0.6 is 24.0 Å². The molecule has 0 aromatic heterocycles. The van der Waals surface area contributed by atoms with Gasteiger partial charge >= 0.3 is 0 Å². The van der Waals surface area contributed by atoms with Gasteiger partial charge in [0, 0.05) is 39.3 Å². The third-order valence-electron chi connectivity index (χ3n) is 5.69. The van der Waals surface area contributed by atoms with Crippen molar-refractivity contribution in [2.75, 3.05) is 52.9 Å². The van der Waals surface area contributed by atoms with Gasteiger partial charge in [-0.05, 0) is 51.6 Å². The minimum atomic E-state index is 0. The SMILES string of the molecule is CN=C(NCC(=O)N1CCCCC1)N1CCC(N2CCCCC2)C1.I. The van der Waals surface area contributed by atoms with Crippen molar-refractivity contribution in [3.05, 3.63) is 0 Å². The Morgan fingerprint density at radius 1 is 0.960 bits per heavy atom. The minimum Gasteiger partial charge on any atom is -0.347 e. The Kier molecular flexibility index (Phi) is 8.75. The number of aliphatic imine (C=N–C) groups is 1. The maximum absolute atomic E-state index is 12.3. The number of amides is 1. The molecule has 0 bridgehead atoms. The number of nitrogens with one attached hydrogen (secondary N) is 1. The molecule has 1 amide bonds. The lowest BCUT2D eigenvalue weighted by atomic mass is 10.1. The van der Waals surface area contributed by atoms with Crippen LogP contribution in [0, 0.1) is 0 Å². The van der Waals surface area contributed by atoms with Crippen molar-refractivity contribution in [3.8, 4) is 0 Å². The number of halogens is 1. The molecule has 0 saturated carbocycles. The summed E-state index contributed by atoms with van der Waals surface area (Å²) in [6.45, 7) is 6.78. The summed E-state index contributed by atoms with van der Waals surface area (Å²) < 4.78 is 0. The molecule has 7 heteroatoms. The molecule has 3 fully saturated rings. The van der Waals surface area contributed by atoms with Gasteiger partial charge in [-0.3, -0.25) is 14.7 Å². The van der Waals surface area contributed by atoms with Gasteiger partial charge in [-0.25, -0.2) is 0 Å². The van der Waals surface area contributed by atoms with Crippen molar-refractivity contribution in [3.63, 3.8) is 0 Å². The highest BCUT2D eigenvalue weighted by Crippen LogP contribution is 2.20. The van der Waals surface area contributed by atoms with Crippen molar-refractivity contribution in [1.82, 2.24) is 20.0 Å². The van der Waals surface area contributed by atoms with E-state index in [1.54, 1.807) is 0 Å². The predicted octanol–water partition coefficient (Wildman–Crippen LogP) is 1.75. The Morgan fingerprint density at radius 2 is 1.60 bits per heavy atom. The molecule has 0 spiro atoms. The Balaban J connectivity index is 0.00000225. The van der Waals surface area contributed by atoms with Crippen molar-refractivity contribution < 1.29 is 4.79 Å². The highest BCUT2D eigenvalue weighted by Gasteiger charge is 2.30. The number of hydrogen-bond donors (Lipinski definition) is 1. The first-order valence-corrected chi connectivity index (χ1v) is 9.75. The zero-order valence-corrected chi connectivity index (χ0v) is 17.9. The molecule has 1 unspecified atom stereocenters. The van der Waals surface area contributed by atoms with E-state index < -0.39 is 0 Å². The van der Waals surface area contributed by atoms with Gasteiger partial charge < -0.3 is 15.1 Å². The Hall–Kier alpha value is -0.570. The van der Waals surface area contributed by atoms with Crippen molar-refractivity contribution in [2.24, 2.45) is 4.99 Å². The standard InChI is InChI=1S/C18H33N5O.HI/c1-19-18(20-14-17(24)22-11-6-3-7-12-22)23-13-8-16(15-23)21-9-4-2-5-10-21;/h16H,2-15H2,1H3,(H,19,20);1H. The summed E-state index contributed by atoms with van der Waals surface area (Å²) in [4.78, 5) is 23.7. The molecule has 1 atom stereocenters. The number of nitrogens with zero attached hydrogens (tertiary/aromatic N) is 4. The molecule has 1 N–H and O–H groups in total. The molecule has 3 aliphatic rings. The number of likely N-dealkylation sites (tertiary alicyclic amines) is 3. The second kappa shape index (κ2) is 10.5. The first-order valence-electron chi connectivity index (χ1n) is 9.75. The molecule has 0 aromatic rings. The van der Waals surface area contributed by atoms with Gasteiger partial charge in [0.05, 0.1) is 6.54 Å². The fourth-order valence-electron chi connectivity index (χ4n) is 4.26. The molecular formula is C18H34IN5O. The minimum absolute atomic E-state index is 0. The maximum atomic E-state index is 12.3. The molecule has 3 aliphatic heterocycles. The number of carbonyl (C=O) groups excluding carboxylic acids is 1. The molecule has 3 saturated heterocycles. The smallest absolute Gasteiger partial charge is 0.241 e. The molecule has 3 rings (SSSR count). The zero-order valence-electron chi connectivity index (χ0n) is 15.6. The highest BCUT2D eigenvalue weighted by atomic mass is 127. The monoisotopic (exact) mass is 463 g/mol. The van der Waals surface area contributed by atoms with Crippen LogP contribution in [0.1, 0.15) is 44.9 Å². The Morgan fingerprint density at radius 3 is 2.24 bits per heavy atom. The number of piperidine rings is 2. The van der Waals surface area contributed by atoms with E-state index in [2.05, 4.69) is 20.1 Å². The van der Waals surface area contributed by atoms with Gasteiger partial charge in [0.15, 0.2) is 5.96 Å². The first-order chi connectivity index (χ1) is 11.8. The van der Waals surface area contributed by atoms with E-state index in [0.717, 1.165) is 45.0 Å². The second-order valence-corrected chi connectivity index (χ2v) is 7.33. The maximum Gasteiger partial charge on any atom is 0.241 e.